The standard InChI is InChI=1S/C31H47N3O10.C13H21NO4.C8H15NO2.2CO2.CH4/c1-20(24(5)35)18-27(38)22(3)33-30(41)11-15-43-14-7-8-26(37)9-10-29(40)32-13-17-44-16-12-31(42)34-23(4)28(39)19-21(2)25(6)36;1-3-17-10-5-6-12(15)7-8-13(16)14-9-11-18-4-2;1-5(7(3)10)4-8(11)6(2)9;2*2-1-3;/h20-23H,7-8,11-19H2,1-6H3,(H,32,40)(H,33,41)(H,34,42);3-6,9-11H2,1-2H3,(H,14,16);5-6H,4,9H2,1-3H3;;;1H4. The number of nitrogens with two attached hydrogens (primary N) is 1. The molecule has 6 N–H and O–H groups in total. The number of ether oxygens (including phenoxy) is 4. The fourth-order valence-corrected chi connectivity index (χ4v) is 5.10. The number of Topliss-reactive ketones (excluding diaryl/α,β-unsaturated/α-hetero) is 8. The Morgan fingerprint density at radius 1 is 0.438 bits per heavy atom. The van der Waals surface area contributed by atoms with Crippen molar-refractivity contribution in [2.45, 2.75) is 160 Å². The predicted octanol–water partition coefficient (Wildman–Crippen LogP) is 1.16. The number of amides is 4. The van der Waals surface area contributed by atoms with E-state index in [1.807, 2.05) is 13.8 Å². The Morgan fingerprint density at radius 2 is 0.738 bits per heavy atom. The van der Waals surface area contributed by atoms with Crippen LogP contribution in [0.2, 0.25) is 0 Å². The Labute approximate surface area is 470 Å². The van der Waals surface area contributed by atoms with Crippen molar-refractivity contribution in [2.24, 2.45) is 23.5 Å². The van der Waals surface area contributed by atoms with Gasteiger partial charge >= 0.3 is 12.3 Å². The highest BCUT2D eigenvalue weighted by molar-refractivity contribution is 6.04. The molecule has 0 aromatic rings. The molecule has 0 saturated heterocycles. The van der Waals surface area contributed by atoms with Gasteiger partial charge in [-0.3, -0.25) is 57.5 Å². The van der Waals surface area contributed by atoms with Gasteiger partial charge in [-0.2, -0.15) is 19.2 Å². The average molecular weight is 1140 g/mol. The van der Waals surface area contributed by atoms with Crippen molar-refractivity contribution in [3.63, 3.8) is 0 Å². The van der Waals surface area contributed by atoms with E-state index in [0.717, 1.165) is 0 Å². The molecule has 6 atom stereocenters. The predicted molar refractivity (Wildman–Crippen MR) is 288 cm³/mol. The molecule has 0 heterocycles. The normalized spacial score (nSPS) is 11.8. The first-order valence-electron chi connectivity index (χ1n) is 25.5. The van der Waals surface area contributed by atoms with E-state index in [9.17, 15) is 57.5 Å². The lowest BCUT2D eigenvalue weighted by Gasteiger charge is -2.15. The van der Waals surface area contributed by atoms with E-state index in [0.29, 0.717) is 52.2 Å². The van der Waals surface area contributed by atoms with Crippen molar-refractivity contribution in [1.82, 2.24) is 21.3 Å². The second-order valence-corrected chi connectivity index (χ2v) is 17.3. The molecular formula is C55H87N5O20. The molecule has 25 heteroatoms. The third-order valence-electron chi connectivity index (χ3n) is 10.3. The van der Waals surface area contributed by atoms with Crippen molar-refractivity contribution in [2.75, 3.05) is 65.9 Å². The molecular weight excluding hydrogens is 1050 g/mol. The molecule has 25 nitrogen and oxygen atoms in total. The average Bonchev–Trinajstić information content (AvgIpc) is 3.37. The van der Waals surface area contributed by atoms with Gasteiger partial charge in [0.25, 0.3) is 11.8 Å². The highest BCUT2D eigenvalue weighted by atomic mass is 16.5. The Bertz CT molecular complexity index is 1990. The van der Waals surface area contributed by atoms with Crippen LogP contribution in [0.15, 0.2) is 0 Å². The lowest BCUT2D eigenvalue weighted by atomic mass is 9.98. The molecule has 0 aromatic carbocycles. The number of ketones is 8. The number of hydrogen-bond acceptors (Lipinski definition) is 21. The first-order valence-corrected chi connectivity index (χ1v) is 25.5. The zero-order chi connectivity index (χ0) is 61.7. The minimum Gasteiger partial charge on any atom is -0.382 e. The smallest absolute Gasteiger partial charge is 0.373 e. The highest BCUT2D eigenvalue weighted by Crippen LogP contribution is 2.08. The SMILES string of the molecule is C.CC(=O)C(C)CC(=O)C(C)N.CC(=O)C(C)CC(=O)C(C)NC(=O)CCOCCCC(=O)C#CC(=O)NCCOCCC(=O)NC(C)C(=O)CC(C)C(C)=O.CCOCCCC(=O)C#CC(=O)NCCOCC.O=C=O.O=C=O. The highest BCUT2D eigenvalue weighted by Gasteiger charge is 2.21. The van der Waals surface area contributed by atoms with E-state index < -0.39 is 47.6 Å². The number of nitrogens with one attached hydrogen (secondary N) is 4. The van der Waals surface area contributed by atoms with Crippen LogP contribution >= 0.6 is 0 Å². The maximum Gasteiger partial charge on any atom is 0.373 e. The molecule has 0 radical (unpaired) electrons. The van der Waals surface area contributed by atoms with Crippen LogP contribution in [-0.2, 0) is 95.7 Å². The minimum atomic E-state index is -0.709. The molecule has 80 heavy (non-hydrogen) atoms. The summed E-state index contributed by atoms with van der Waals surface area (Å²) in [4.78, 5) is 171. The van der Waals surface area contributed by atoms with Gasteiger partial charge < -0.3 is 45.9 Å². The van der Waals surface area contributed by atoms with Crippen molar-refractivity contribution >= 4 is 82.2 Å². The zero-order valence-corrected chi connectivity index (χ0v) is 47.6. The van der Waals surface area contributed by atoms with Crippen LogP contribution < -0.4 is 27.0 Å². The van der Waals surface area contributed by atoms with Crippen LogP contribution in [0.25, 0.3) is 0 Å². The van der Waals surface area contributed by atoms with E-state index in [1.54, 1.807) is 41.5 Å². The van der Waals surface area contributed by atoms with Crippen LogP contribution in [0.4, 0.5) is 0 Å². The van der Waals surface area contributed by atoms with E-state index in [4.69, 9.17) is 43.9 Å². The van der Waals surface area contributed by atoms with Gasteiger partial charge in [0, 0.05) is 114 Å². The minimum absolute atomic E-state index is 0. The van der Waals surface area contributed by atoms with Gasteiger partial charge in [0.15, 0.2) is 11.6 Å². The van der Waals surface area contributed by atoms with Crippen molar-refractivity contribution < 1.29 is 95.7 Å². The Kier molecular flexibility index (Phi) is 59.6. The maximum atomic E-state index is 12.1. The quantitative estimate of drug-likeness (QED) is 0.0334. The maximum absolute atomic E-state index is 12.1. The summed E-state index contributed by atoms with van der Waals surface area (Å²) in [7, 11) is 0. The lowest BCUT2D eigenvalue weighted by molar-refractivity contribution is -0.193. The van der Waals surface area contributed by atoms with Gasteiger partial charge in [-0.1, -0.05) is 28.2 Å². The molecule has 0 bridgehead atoms. The molecule has 4 amide bonds. The first-order chi connectivity index (χ1) is 37.1. The van der Waals surface area contributed by atoms with Crippen LogP contribution in [0.3, 0.4) is 0 Å². The molecule has 0 aliphatic heterocycles. The lowest BCUT2D eigenvalue weighted by Crippen LogP contribution is -2.39. The third kappa shape index (κ3) is 58.6. The first kappa shape index (κ1) is 84.2. The Hall–Kier alpha value is -7.08. The van der Waals surface area contributed by atoms with Crippen LogP contribution in [0, 0.1) is 41.4 Å². The largest absolute Gasteiger partial charge is 0.382 e. The molecule has 0 fully saturated rings. The topological polar surface area (TPSA) is 384 Å². The fraction of sp³-hybridized carbons (Fsp3) is 0.673. The molecule has 6 unspecified atom stereocenters. The monoisotopic (exact) mass is 1140 g/mol. The summed E-state index contributed by atoms with van der Waals surface area (Å²) in [5.74, 6) is 4.86. The van der Waals surface area contributed by atoms with E-state index in [-0.39, 0.29) is 149 Å². The molecule has 0 aromatic heterocycles. The van der Waals surface area contributed by atoms with Crippen LogP contribution in [0.1, 0.15) is 141 Å². The summed E-state index contributed by atoms with van der Waals surface area (Å²) in [6.45, 7) is 21.2. The summed E-state index contributed by atoms with van der Waals surface area (Å²) in [6.07, 6.45) is 2.32. The summed E-state index contributed by atoms with van der Waals surface area (Å²) in [6, 6.07) is -1.86. The van der Waals surface area contributed by atoms with Crippen molar-refractivity contribution in [1.29, 1.82) is 0 Å². The van der Waals surface area contributed by atoms with Gasteiger partial charge in [-0.15, -0.1) is 0 Å². The zero-order valence-electron chi connectivity index (χ0n) is 47.6. The van der Waals surface area contributed by atoms with E-state index in [1.165, 1.54) is 20.8 Å². The van der Waals surface area contributed by atoms with Gasteiger partial charge in [0.1, 0.15) is 23.1 Å². The molecule has 0 aliphatic carbocycles. The number of hydrogen-bond donors (Lipinski definition) is 5. The number of carbonyl (C=O) groups excluding carboxylic acids is 16. The van der Waals surface area contributed by atoms with E-state index in [2.05, 4.69) is 44.9 Å². The Balaban J connectivity index is -0.000000308. The van der Waals surface area contributed by atoms with Gasteiger partial charge in [-0.05, 0) is 80.1 Å². The van der Waals surface area contributed by atoms with E-state index >= 15 is 0 Å². The fourth-order valence-electron chi connectivity index (χ4n) is 5.10. The Morgan fingerprint density at radius 3 is 1.06 bits per heavy atom. The van der Waals surface area contributed by atoms with Gasteiger partial charge in [0.2, 0.25) is 23.4 Å². The van der Waals surface area contributed by atoms with Gasteiger partial charge in [-0.25, -0.2) is 0 Å². The van der Waals surface area contributed by atoms with Crippen LogP contribution in [-0.4, -0.2) is 166 Å². The summed E-state index contributed by atoms with van der Waals surface area (Å²) < 4.78 is 20.8. The second kappa shape index (κ2) is 56.6. The summed E-state index contributed by atoms with van der Waals surface area (Å²) in [5.41, 5.74) is 5.32. The molecule has 0 rings (SSSR count). The van der Waals surface area contributed by atoms with Crippen molar-refractivity contribution in [3.8, 4) is 23.7 Å². The molecule has 0 saturated carbocycles. The molecule has 452 valence electrons. The number of carbonyl (C=O) groups is 12. The third-order valence-corrected chi connectivity index (χ3v) is 10.3. The van der Waals surface area contributed by atoms with Gasteiger partial charge in [0.05, 0.1) is 44.6 Å². The summed E-state index contributed by atoms with van der Waals surface area (Å²) >= 11 is 0. The molecule has 0 aliphatic rings. The number of rotatable bonds is 36. The second-order valence-electron chi connectivity index (χ2n) is 17.3. The van der Waals surface area contributed by atoms with Crippen LogP contribution in [0.5, 0.6) is 0 Å². The molecule has 0 spiro atoms. The summed E-state index contributed by atoms with van der Waals surface area (Å²) in [5, 5.41) is 10.1. The van der Waals surface area contributed by atoms with Crippen molar-refractivity contribution in [3.05, 3.63) is 0 Å².